The Morgan fingerprint density at radius 1 is 1.18 bits per heavy atom. The van der Waals surface area contributed by atoms with Crippen LogP contribution in [0.25, 0.3) is 0 Å². The molecule has 0 aliphatic carbocycles. The van der Waals surface area contributed by atoms with Crippen molar-refractivity contribution in [2.24, 2.45) is 5.73 Å². The molecule has 0 spiro atoms. The van der Waals surface area contributed by atoms with Crippen LogP contribution in [0.3, 0.4) is 0 Å². The summed E-state index contributed by atoms with van der Waals surface area (Å²) >= 11 is 0. The molecule has 0 bridgehead atoms. The first kappa shape index (κ1) is 11.4. The predicted molar refractivity (Wildman–Crippen MR) is 67.4 cm³/mol. The Morgan fingerprint density at radius 2 is 1.88 bits per heavy atom. The average molecular weight is 225 g/mol. The number of benzene rings is 1. The molecule has 1 aromatic heterocycles. The Hall–Kier alpha value is -2.05. The van der Waals surface area contributed by atoms with Crippen molar-refractivity contribution in [3.8, 4) is 6.07 Å². The van der Waals surface area contributed by atoms with Gasteiger partial charge in [0.15, 0.2) is 0 Å². The summed E-state index contributed by atoms with van der Waals surface area (Å²) < 4.78 is 1.93. The highest BCUT2D eigenvalue weighted by molar-refractivity contribution is 5.28. The first-order valence-electron chi connectivity index (χ1n) is 5.61. The van der Waals surface area contributed by atoms with Crippen molar-refractivity contribution < 1.29 is 0 Å². The van der Waals surface area contributed by atoms with Gasteiger partial charge in [-0.05, 0) is 24.6 Å². The van der Waals surface area contributed by atoms with Gasteiger partial charge in [-0.3, -0.25) is 0 Å². The minimum Gasteiger partial charge on any atom is -0.330 e. The second-order valence-corrected chi connectivity index (χ2v) is 4.13. The van der Waals surface area contributed by atoms with Crippen LogP contribution in [0.2, 0.25) is 0 Å². The van der Waals surface area contributed by atoms with Crippen LogP contribution in [0.15, 0.2) is 48.7 Å². The molecule has 0 saturated heterocycles. The Balaban J connectivity index is 2.48. The Kier molecular flexibility index (Phi) is 3.27. The number of nitrogens with two attached hydrogens (primary N) is 1. The third-order valence-electron chi connectivity index (χ3n) is 2.83. The number of aromatic nitrogens is 1. The molecule has 1 heterocycles. The molecule has 3 heteroatoms. The Morgan fingerprint density at radius 3 is 2.47 bits per heavy atom. The summed E-state index contributed by atoms with van der Waals surface area (Å²) in [5.41, 5.74) is 7.81. The third-order valence-corrected chi connectivity index (χ3v) is 2.83. The molecule has 0 aliphatic heterocycles. The zero-order valence-corrected chi connectivity index (χ0v) is 9.75. The molecular formula is C14H15N3. The van der Waals surface area contributed by atoms with Crippen molar-refractivity contribution in [3.63, 3.8) is 0 Å². The number of nitrogens with zero attached hydrogens (tertiary/aromatic N) is 2. The summed E-state index contributed by atoms with van der Waals surface area (Å²) in [7, 11) is 0. The van der Waals surface area contributed by atoms with E-state index in [0.717, 1.165) is 5.56 Å². The standard InChI is InChI=1S/C14H15N3/c1-11(16)14(12-6-3-2-4-7-12)17-9-5-8-13(17)10-15/h2-9,11,14H,16H2,1H3. The molecule has 2 unspecified atom stereocenters. The van der Waals surface area contributed by atoms with Gasteiger partial charge in [0.05, 0.1) is 6.04 Å². The van der Waals surface area contributed by atoms with Gasteiger partial charge in [-0.2, -0.15) is 5.26 Å². The normalized spacial score (nSPS) is 13.9. The number of nitriles is 1. The molecule has 2 aromatic rings. The Labute approximate surface area is 101 Å². The van der Waals surface area contributed by atoms with Crippen molar-refractivity contribution in [1.29, 1.82) is 5.26 Å². The number of rotatable bonds is 3. The van der Waals surface area contributed by atoms with Crippen LogP contribution < -0.4 is 5.73 Å². The van der Waals surface area contributed by atoms with Gasteiger partial charge < -0.3 is 10.3 Å². The van der Waals surface area contributed by atoms with E-state index in [1.807, 2.05) is 54.1 Å². The maximum Gasteiger partial charge on any atom is 0.120 e. The molecule has 0 radical (unpaired) electrons. The van der Waals surface area contributed by atoms with E-state index in [1.54, 1.807) is 6.07 Å². The van der Waals surface area contributed by atoms with E-state index in [2.05, 4.69) is 6.07 Å². The first-order chi connectivity index (χ1) is 8.24. The van der Waals surface area contributed by atoms with Crippen molar-refractivity contribution in [3.05, 3.63) is 59.9 Å². The Bertz CT molecular complexity index is 520. The van der Waals surface area contributed by atoms with E-state index in [1.165, 1.54) is 0 Å². The fraction of sp³-hybridized carbons (Fsp3) is 0.214. The van der Waals surface area contributed by atoms with Crippen LogP contribution in [-0.4, -0.2) is 10.6 Å². The summed E-state index contributed by atoms with van der Waals surface area (Å²) in [5, 5.41) is 9.07. The second-order valence-electron chi connectivity index (χ2n) is 4.13. The molecule has 0 saturated carbocycles. The smallest absolute Gasteiger partial charge is 0.120 e. The molecule has 86 valence electrons. The van der Waals surface area contributed by atoms with Crippen LogP contribution in [0.4, 0.5) is 0 Å². The van der Waals surface area contributed by atoms with E-state index in [4.69, 9.17) is 11.0 Å². The minimum atomic E-state index is -0.0584. The highest BCUT2D eigenvalue weighted by Crippen LogP contribution is 2.23. The molecular weight excluding hydrogens is 210 g/mol. The summed E-state index contributed by atoms with van der Waals surface area (Å²) in [4.78, 5) is 0. The van der Waals surface area contributed by atoms with Gasteiger partial charge in [0, 0.05) is 12.2 Å². The zero-order valence-electron chi connectivity index (χ0n) is 9.75. The highest BCUT2D eigenvalue weighted by atomic mass is 15.0. The molecule has 2 atom stereocenters. The lowest BCUT2D eigenvalue weighted by atomic mass is 10.0. The van der Waals surface area contributed by atoms with Crippen LogP contribution in [0.5, 0.6) is 0 Å². The maximum absolute atomic E-state index is 9.07. The molecule has 2 N–H and O–H groups in total. The van der Waals surface area contributed by atoms with Crippen LogP contribution in [-0.2, 0) is 0 Å². The van der Waals surface area contributed by atoms with Gasteiger partial charge in [-0.15, -0.1) is 0 Å². The van der Waals surface area contributed by atoms with Gasteiger partial charge >= 0.3 is 0 Å². The molecule has 0 amide bonds. The molecule has 1 aromatic carbocycles. The second kappa shape index (κ2) is 4.86. The molecule has 3 nitrogen and oxygen atoms in total. The monoisotopic (exact) mass is 225 g/mol. The molecule has 0 fully saturated rings. The summed E-state index contributed by atoms with van der Waals surface area (Å²) in [6, 6.07) is 15.8. The average Bonchev–Trinajstić information content (AvgIpc) is 2.78. The van der Waals surface area contributed by atoms with E-state index >= 15 is 0 Å². The van der Waals surface area contributed by atoms with Gasteiger partial charge in [0.1, 0.15) is 11.8 Å². The lowest BCUT2D eigenvalue weighted by Gasteiger charge is -2.24. The quantitative estimate of drug-likeness (QED) is 0.871. The highest BCUT2D eigenvalue weighted by Gasteiger charge is 2.19. The lowest BCUT2D eigenvalue weighted by Crippen LogP contribution is -2.30. The largest absolute Gasteiger partial charge is 0.330 e. The van der Waals surface area contributed by atoms with Gasteiger partial charge in [0.2, 0.25) is 0 Å². The van der Waals surface area contributed by atoms with Crippen molar-refractivity contribution in [2.45, 2.75) is 19.0 Å². The summed E-state index contributed by atoms with van der Waals surface area (Å²) in [6.07, 6.45) is 1.90. The van der Waals surface area contributed by atoms with Crippen molar-refractivity contribution in [1.82, 2.24) is 4.57 Å². The predicted octanol–water partition coefficient (Wildman–Crippen LogP) is 2.30. The maximum atomic E-state index is 9.07. The SMILES string of the molecule is CC(N)C(c1ccccc1)n1cccc1C#N. The van der Waals surface area contributed by atoms with Crippen LogP contribution >= 0.6 is 0 Å². The summed E-state index contributed by atoms with van der Waals surface area (Å²) in [6.45, 7) is 1.96. The molecule has 2 rings (SSSR count). The zero-order chi connectivity index (χ0) is 12.3. The van der Waals surface area contributed by atoms with Gasteiger partial charge in [-0.1, -0.05) is 30.3 Å². The van der Waals surface area contributed by atoms with E-state index in [9.17, 15) is 0 Å². The van der Waals surface area contributed by atoms with E-state index in [-0.39, 0.29) is 12.1 Å². The topological polar surface area (TPSA) is 54.7 Å². The van der Waals surface area contributed by atoms with E-state index < -0.39 is 0 Å². The van der Waals surface area contributed by atoms with E-state index in [0.29, 0.717) is 5.69 Å². The van der Waals surface area contributed by atoms with Crippen LogP contribution in [0, 0.1) is 11.3 Å². The number of hydrogen-bond acceptors (Lipinski definition) is 2. The molecule has 17 heavy (non-hydrogen) atoms. The van der Waals surface area contributed by atoms with Crippen molar-refractivity contribution >= 4 is 0 Å². The van der Waals surface area contributed by atoms with Crippen LogP contribution in [0.1, 0.15) is 24.2 Å². The van der Waals surface area contributed by atoms with Crippen molar-refractivity contribution in [2.75, 3.05) is 0 Å². The minimum absolute atomic E-state index is 0.000787. The fourth-order valence-electron chi connectivity index (χ4n) is 2.10. The molecule has 0 aliphatic rings. The first-order valence-corrected chi connectivity index (χ1v) is 5.61. The summed E-state index contributed by atoms with van der Waals surface area (Å²) in [5.74, 6) is 0. The van der Waals surface area contributed by atoms with Gasteiger partial charge in [-0.25, -0.2) is 0 Å². The lowest BCUT2D eigenvalue weighted by molar-refractivity contribution is 0.494. The van der Waals surface area contributed by atoms with Gasteiger partial charge in [0.25, 0.3) is 0 Å². The number of hydrogen-bond donors (Lipinski definition) is 1. The fourth-order valence-corrected chi connectivity index (χ4v) is 2.10. The third kappa shape index (κ3) is 2.22.